The Labute approximate surface area is 82.5 Å². The highest BCUT2D eigenvalue weighted by Crippen LogP contribution is 2.17. The van der Waals surface area contributed by atoms with Crippen LogP contribution in [0.15, 0.2) is 4.79 Å². The summed E-state index contributed by atoms with van der Waals surface area (Å²) in [5, 5.41) is 7.56. The standard InChI is InChI=1S/C9H16N4O/c1-6(2)13-9(14)11-8(12-13)7-3-4-10-5-7/h6-7,10H,3-5H2,1-2H3,(H,11,12,14). The van der Waals surface area contributed by atoms with E-state index in [1.807, 2.05) is 13.8 Å². The van der Waals surface area contributed by atoms with Gasteiger partial charge < -0.3 is 5.32 Å². The van der Waals surface area contributed by atoms with Gasteiger partial charge in [0.15, 0.2) is 0 Å². The molecule has 1 aliphatic heterocycles. The van der Waals surface area contributed by atoms with Crippen molar-refractivity contribution in [3.63, 3.8) is 0 Å². The highest BCUT2D eigenvalue weighted by Gasteiger charge is 2.21. The summed E-state index contributed by atoms with van der Waals surface area (Å²) in [6.07, 6.45) is 1.06. The van der Waals surface area contributed by atoms with Crippen LogP contribution in [-0.4, -0.2) is 27.9 Å². The van der Waals surface area contributed by atoms with Gasteiger partial charge in [-0.15, -0.1) is 0 Å². The lowest BCUT2D eigenvalue weighted by molar-refractivity contribution is 0.505. The highest BCUT2D eigenvalue weighted by atomic mass is 16.2. The lowest BCUT2D eigenvalue weighted by Gasteiger charge is -2.03. The van der Waals surface area contributed by atoms with Crippen molar-refractivity contribution in [2.45, 2.75) is 32.2 Å². The average Bonchev–Trinajstić information content (AvgIpc) is 2.70. The number of aromatic nitrogens is 3. The smallest absolute Gasteiger partial charge is 0.316 e. The van der Waals surface area contributed by atoms with Crippen molar-refractivity contribution in [3.05, 3.63) is 16.3 Å². The van der Waals surface area contributed by atoms with Gasteiger partial charge in [0.1, 0.15) is 5.82 Å². The second-order valence-electron chi connectivity index (χ2n) is 4.04. The Morgan fingerprint density at radius 3 is 2.86 bits per heavy atom. The predicted molar refractivity (Wildman–Crippen MR) is 53.5 cm³/mol. The van der Waals surface area contributed by atoms with E-state index in [0.717, 1.165) is 25.3 Å². The first kappa shape index (κ1) is 9.45. The Morgan fingerprint density at radius 1 is 1.57 bits per heavy atom. The zero-order valence-electron chi connectivity index (χ0n) is 8.58. The molecule has 1 fully saturated rings. The summed E-state index contributed by atoms with van der Waals surface area (Å²) in [7, 11) is 0. The third kappa shape index (κ3) is 1.59. The Balaban J connectivity index is 2.27. The summed E-state index contributed by atoms with van der Waals surface area (Å²) in [6.45, 7) is 5.85. The molecule has 5 heteroatoms. The second kappa shape index (κ2) is 3.57. The summed E-state index contributed by atoms with van der Waals surface area (Å²) >= 11 is 0. The quantitative estimate of drug-likeness (QED) is 0.711. The fourth-order valence-corrected chi connectivity index (χ4v) is 1.78. The first-order chi connectivity index (χ1) is 6.68. The maximum atomic E-state index is 11.5. The fraction of sp³-hybridized carbons (Fsp3) is 0.778. The minimum absolute atomic E-state index is 0.0955. The van der Waals surface area contributed by atoms with E-state index in [9.17, 15) is 4.79 Å². The predicted octanol–water partition coefficient (Wildman–Crippen LogP) is 0.229. The molecule has 0 amide bonds. The molecule has 1 atom stereocenters. The van der Waals surface area contributed by atoms with Gasteiger partial charge in [-0.2, -0.15) is 5.10 Å². The third-order valence-corrected chi connectivity index (χ3v) is 2.59. The number of nitrogens with zero attached hydrogens (tertiary/aromatic N) is 2. The molecule has 0 saturated carbocycles. The molecule has 2 heterocycles. The maximum Gasteiger partial charge on any atom is 0.343 e. The van der Waals surface area contributed by atoms with Crippen molar-refractivity contribution in [1.82, 2.24) is 20.1 Å². The summed E-state index contributed by atoms with van der Waals surface area (Å²) in [6, 6.07) is 0.127. The number of hydrogen-bond donors (Lipinski definition) is 2. The number of nitrogens with one attached hydrogen (secondary N) is 2. The molecule has 0 aliphatic carbocycles. The van der Waals surface area contributed by atoms with Crippen LogP contribution in [0.4, 0.5) is 0 Å². The van der Waals surface area contributed by atoms with Crippen molar-refractivity contribution in [3.8, 4) is 0 Å². The molecule has 2 rings (SSSR count). The number of rotatable bonds is 2. The summed E-state index contributed by atoms with van der Waals surface area (Å²) in [4.78, 5) is 14.3. The molecule has 0 bridgehead atoms. The van der Waals surface area contributed by atoms with Gasteiger partial charge in [-0.05, 0) is 26.8 Å². The van der Waals surface area contributed by atoms with Crippen LogP contribution in [-0.2, 0) is 0 Å². The molecule has 0 aromatic carbocycles. The van der Waals surface area contributed by atoms with Crippen molar-refractivity contribution < 1.29 is 0 Å². The lowest BCUT2D eigenvalue weighted by Crippen LogP contribution is -2.19. The number of hydrogen-bond acceptors (Lipinski definition) is 3. The number of aromatic amines is 1. The highest BCUT2D eigenvalue weighted by molar-refractivity contribution is 4.98. The average molecular weight is 196 g/mol. The van der Waals surface area contributed by atoms with Crippen molar-refractivity contribution in [1.29, 1.82) is 0 Å². The Bertz CT molecular complexity index is 359. The molecule has 0 radical (unpaired) electrons. The second-order valence-corrected chi connectivity index (χ2v) is 4.04. The van der Waals surface area contributed by atoms with Crippen LogP contribution < -0.4 is 11.0 Å². The van der Waals surface area contributed by atoms with E-state index in [2.05, 4.69) is 15.4 Å². The summed E-state index contributed by atoms with van der Waals surface area (Å²) in [5.41, 5.74) is -0.0955. The zero-order chi connectivity index (χ0) is 10.1. The van der Waals surface area contributed by atoms with Crippen LogP contribution in [0, 0.1) is 0 Å². The van der Waals surface area contributed by atoms with Gasteiger partial charge in [0.2, 0.25) is 0 Å². The van der Waals surface area contributed by atoms with Gasteiger partial charge in [-0.1, -0.05) is 0 Å². The SMILES string of the molecule is CC(C)n1nc(C2CCNC2)[nH]c1=O. The largest absolute Gasteiger partial charge is 0.343 e. The molecule has 1 aromatic heterocycles. The van der Waals surface area contributed by atoms with E-state index in [1.165, 1.54) is 4.68 Å². The zero-order valence-corrected chi connectivity index (χ0v) is 8.58. The molecular weight excluding hydrogens is 180 g/mol. The van der Waals surface area contributed by atoms with Gasteiger partial charge in [0, 0.05) is 12.5 Å². The molecule has 2 N–H and O–H groups in total. The monoisotopic (exact) mass is 196 g/mol. The van der Waals surface area contributed by atoms with Gasteiger partial charge in [-0.3, -0.25) is 4.98 Å². The van der Waals surface area contributed by atoms with Crippen LogP contribution in [0.1, 0.15) is 38.1 Å². The van der Waals surface area contributed by atoms with E-state index in [-0.39, 0.29) is 11.7 Å². The van der Waals surface area contributed by atoms with Crippen LogP contribution in [0.2, 0.25) is 0 Å². The van der Waals surface area contributed by atoms with E-state index < -0.39 is 0 Å². The molecule has 1 unspecified atom stereocenters. The van der Waals surface area contributed by atoms with Crippen molar-refractivity contribution in [2.24, 2.45) is 0 Å². The van der Waals surface area contributed by atoms with Gasteiger partial charge in [-0.25, -0.2) is 9.48 Å². The number of H-pyrrole nitrogens is 1. The molecule has 0 spiro atoms. The minimum atomic E-state index is -0.0955. The summed E-state index contributed by atoms with van der Waals surface area (Å²) in [5.74, 6) is 1.20. The van der Waals surface area contributed by atoms with Crippen molar-refractivity contribution >= 4 is 0 Å². The Morgan fingerprint density at radius 2 is 2.36 bits per heavy atom. The molecule has 14 heavy (non-hydrogen) atoms. The van der Waals surface area contributed by atoms with Crippen LogP contribution in [0.5, 0.6) is 0 Å². The molecular formula is C9H16N4O. The minimum Gasteiger partial charge on any atom is -0.316 e. The molecule has 1 aliphatic rings. The van der Waals surface area contributed by atoms with Crippen LogP contribution >= 0.6 is 0 Å². The topological polar surface area (TPSA) is 62.7 Å². The Kier molecular flexibility index (Phi) is 2.41. The fourth-order valence-electron chi connectivity index (χ4n) is 1.78. The maximum absolute atomic E-state index is 11.5. The van der Waals surface area contributed by atoms with Gasteiger partial charge in [0.25, 0.3) is 0 Å². The lowest BCUT2D eigenvalue weighted by atomic mass is 10.1. The van der Waals surface area contributed by atoms with E-state index in [0.29, 0.717) is 5.92 Å². The van der Waals surface area contributed by atoms with Crippen LogP contribution in [0.25, 0.3) is 0 Å². The van der Waals surface area contributed by atoms with Gasteiger partial charge in [0.05, 0.1) is 6.04 Å². The van der Waals surface area contributed by atoms with Crippen LogP contribution in [0.3, 0.4) is 0 Å². The Hall–Kier alpha value is -1.10. The molecule has 5 nitrogen and oxygen atoms in total. The first-order valence-corrected chi connectivity index (χ1v) is 5.08. The first-order valence-electron chi connectivity index (χ1n) is 5.08. The third-order valence-electron chi connectivity index (χ3n) is 2.59. The van der Waals surface area contributed by atoms with Gasteiger partial charge >= 0.3 is 5.69 Å². The molecule has 1 saturated heterocycles. The van der Waals surface area contributed by atoms with E-state index in [1.54, 1.807) is 0 Å². The summed E-state index contributed by atoms with van der Waals surface area (Å²) < 4.78 is 1.51. The normalized spacial score (nSPS) is 22.1. The van der Waals surface area contributed by atoms with E-state index in [4.69, 9.17) is 0 Å². The van der Waals surface area contributed by atoms with E-state index >= 15 is 0 Å². The van der Waals surface area contributed by atoms with Crippen molar-refractivity contribution in [2.75, 3.05) is 13.1 Å². The molecule has 78 valence electrons. The molecule has 1 aromatic rings.